The third kappa shape index (κ3) is 20.6. The summed E-state index contributed by atoms with van der Waals surface area (Å²) < 4.78 is 76.8. The fourth-order valence-electron chi connectivity index (χ4n) is 6.38. The van der Waals surface area contributed by atoms with Gasteiger partial charge in [-0.2, -0.15) is 0 Å². The normalized spacial score (nSPS) is 31.2. The van der Waals surface area contributed by atoms with Gasteiger partial charge in [-0.25, -0.2) is 0 Å². The van der Waals surface area contributed by atoms with E-state index >= 15 is 0 Å². The van der Waals surface area contributed by atoms with Gasteiger partial charge in [0.05, 0.1) is 13.2 Å². The minimum atomic E-state index is -2.17. The van der Waals surface area contributed by atoms with Crippen molar-refractivity contribution in [2.24, 2.45) is 0 Å². The summed E-state index contributed by atoms with van der Waals surface area (Å²) >= 11 is 0. The molecule has 0 saturated carbocycles. The van der Waals surface area contributed by atoms with Crippen molar-refractivity contribution in [2.75, 3.05) is 13.2 Å². The number of hydrogen-bond donors (Lipinski definition) is 0. The Hall–Kier alpha value is 1.30. The Bertz CT molecular complexity index is 1180. The molecule has 2 unspecified atom stereocenters. The first kappa shape index (κ1) is 52.4. The highest BCUT2D eigenvalue weighted by Gasteiger charge is 2.55. The maximum absolute atomic E-state index is 7.11. The van der Waals surface area contributed by atoms with Crippen LogP contribution in [-0.2, 0) is 49.6 Å². The van der Waals surface area contributed by atoms with Gasteiger partial charge in [-0.1, -0.05) is 0 Å². The molecule has 0 spiro atoms. The molecule has 11 nitrogen and oxygen atoms in total. The molecule has 55 heavy (non-hydrogen) atoms. The van der Waals surface area contributed by atoms with Crippen molar-refractivity contribution >= 4 is 66.5 Å². The van der Waals surface area contributed by atoms with Gasteiger partial charge in [0, 0.05) is 0 Å². The van der Waals surface area contributed by atoms with Crippen LogP contribution in [0.3, 0.4) is 0 Å². The molecule has 328 valence electrons. The summed E-state index contributed by atoms with van der Waals surface area (Å²) in [5, 5.41) is 0. The van der Waals surface area contributed by atoms with Crippen molar-refractivity contribution in [3.05, 3.63) is 0 Å². The molecule has 0 aromatic rings. The minimum absolute atomic E-state index is 0.170. The van der Waals surface area contributed by atoms with Gasteiger partial charge >= 0.3 is 0 Å². The Morgan fingerprint density at radius 3 is 0.891 bits per heavy atom. The molecule has 2 fully saturated rings. The summed E-state index contributed by atoms with van der Waals surface area (Å²) in [5.41, 5.74) is 0. The monoisotopic (exact) mass is 918 g/mol. The van der Waals surface area contributed by atoms with Crippen molar-refractivity contribution in [3.63, 3.8) is 0 Å². The van der Waals surface area contributed by atoms with Crippen LogP contribution in [0.5, 0.6) is 0 Å². The lowest BCUT2D eigenvalue weighted by Crippen LogP contribution is -2.68. The van der Waals surface area contributed by atoms with Crippen LogP contribution in [0.1, 0.15) is 0 Å². The first-order valence-corrected chi connectivity index (χ1v) is 47.8. The van der Waals surface area contributed by atoms with Crippen molar-refractivity contribution in [1.29, 1.82) is 0 Å². The molecule has 2 saturated heterocycles. The van der Waals surface area contributed by atoms with Crippen LogP contribution in [0.2, 0.25) is 157 Å². The van der Waals surface area contributed by atoms with Crippen LogP contribution in [0.4, 0.5) is 0 Å². The van der Waals surface area contributed by atoms with Crippen molar-refractivity contribution in [2.45, 2.75) is 219 Å². The van der Waals surface area contributed by atoms with Crippen molar-refractivity contribution in [1.82, 2.24) is 0 Å². The summed E-state index contributed by atoms with van der Waals surface area (Å²) in [6.45, 7) is 53.4. The number of rotatable bonds is 20. The molecule has 0 radical (unpaired) electrons. The molecule has 2 heterocycles. The van der Waals surface area contributed by atoms with Gasteiger partial charge < -0.3 is 49.6 Å². The fraction of sp³-hybridized carbons (Fsp3) is 1.00. The molecule has 2 aliphatic rings. The molecule has 0 bridgehead atoms. The zero-order valence-electron chi connectivity index (χ0n) is 39.7. The molecule has 0 aromatic heterocycles. The van der Waals surface area contributed by atoms with Gasteiger partial charge in [-0.05, 0) is 157 Å². The van der Waals surface area contributed by atoms with Crippen LogP contribution < -0.4 is 0 Å². The highest BCUT2D eigenvalue weighted by atomic mass is 28.4. The van der Waals surface area contributed by atoms with Crippen molar-refractivity contribution < 1.29 is 49.6 Å². The van der Waals surface area contributed by atoms with E-state index in [-0.39, 0.29) is 12.7 Å². The topological polar surface area (TPSA) is 102 Å². The van der Waals surface area contributed by atoms with Gasteiger partial charge in [-0.15, -0.1) is 0 Å². The van der Waals surface area contributed by atoms with E-state index in [1.165, 1.54) is 0 Å². The Morgan fingerprint density at radius 1 is 0.291 bits per heavy atom. The Kier molecular flexibility index (Phi) is 18.2. The molecule has 10 atom stereocenters. The smallest absolute Gasteiger partial charge is 0.187 e. The molecule has 0 aromatic carbocycles. The highest BCUT2D eigenvalue weighted by Crippen LogP contribution is 2.38. The lowest BCUT2D eigenvalue weighted by molar-refractivity contribution is -0.314. The zero-order chi connectivity index (χ0) is 43.0. The predicted molar refractivity (Wildman–Crippen MR) is 246 cm³/mol. The maximum atomic E-state index is 7.11. The quantitative estimate of drug-likeness (QED) is 0.109. The maximum Gasteiger partial charge on any atom is 0.187 e. The molecule has 2 aliphatic heterocycles. The summed E-state index contributed by atoms with van der Waals surface area (Å²) in [4.78, 5) is 0. The van der Waals surface area contributed by atoms with E-state index in [0.717, 1.165) is 0 Å². The van der Waals surface area contributed by atoms with Gasteiger partial charge in [0.2, 0.25) is 0 Å². The molecule has 0 N–H and O–H groups in total. The third-order valence-corrected chi connectivity index (χ3v) is 15.5. The SMILES string of the molecule is C[Si](C)(C)OC[C@H]1O[C@@H](OCC2OC(O[Si](C)(C)C)[C@H](O[Si](C)(C)C)[C@@H](O[Si](C)(C)C)[C@@H]2O[Si](C)(C)C)[C@H](O[Si](C)(C)C)[C@@H](O[Si](C)(C)C)[C@@H]1O[Si](C)(C)C. The van der Waals surface area contributed by atoms with E-state index in [4.69, 9.17) is 49.6 Å². The van der Waals surface area contributed by atoms with Crippen LogP contribution >= 0.6 is 0 Å². The average molecular weight is 920 g/mol. The van der Waals surface area contributed by atoms with Gasteiger partial charge in [0.1, 0.15) is 48.8 Å². The zero-order valence-corrected chi connectivity index (χ0v) is 47.7. The summed E-state index contributed by atoms with van der Waals surface area (Å²) in [6, 6.07) is 0. The number of ether oxygens (including phenoxy) is 3. The third-order valence-electron chi connectivity index (χ3n) is 7.70. The molecular weight excluding hydrogens is 833 g/mol. The van der Waals surface area contributed by atoms with Crippen molar-refractivity contribution in [3.8, 4) is 0 Å². The molecular formula is C36H86O11Si8. The van der Waals surface area contributed by atoms with Crippen LogP contribution in [0, 0.1) is 0 Å². The second kappa shape index (κ2) is 19.1. The molecule has 19 heteroatoms. The van der Waals surface area contributed by atoms with Gasteiger partial charge in [0.25, 0.3) is 0 Å². The second-order valence-electron chi connectivity index (χ2n) is 23.2. The van der Waals surface area contributed by atoms with E-state index < -0.39 is 122 Å². The van der Waals surface area contributed by atoms with E-state index in [1.807, 2.05) is 0 Å². The standard InChI is InChI=1S/C36H86O11Si8/c1-48(2,3)38-26-28-30(42-50(7,8)9)31(43-51(10,11)12)33(45-53(16,17)18)35(39-28)37-25-27-29(41-49(4,5)6)32(44-52(13,14)15)34(46-54(19,20)21)36(40-27)47-55(22,23)24/h27-36H,25-26H2,1-24H3/t27?,28-,29-,30-,31+,32+,33-,34-,35-,36?/m1/s1. The lowest BCUT2D eigenvalue weighted by atomic mass is 9.98. The Morgan fingerprint density at radius 2 is 0.564 bits per heavy atom. The summed E-state index contributed by atoms with van der Waals surface area (Å²) in [6.07, 6.45) is -5.02. The average Bonchev–Trinajstić information content (AvgIpc) is 2.87. The van der Waals surface area contributed by atoms with E-state index in [9.17, 15) is 0 Å². The largest absolute Gasteiger partial charge is 0.415 e. The first-order valence-electron chi connectivity index (χ1n) is 20.5. The van der Waals surface area contributed by atoms with Crippen LogP contribution in [0.25, 0.3) is 0 Å². The van der Waals surface area contributed by atoms with Crippen LogP contribution in [0.15, 0.2) is 0 Å². The molecule has 0 amide bonds. The predicted octanol–water partition coefficient (Wildman–Crippen LogP) is 9.48. The second-order valence-corrected chi connectivity index (χ2v) is 59.0. The first-order chi connectivity index (χ1) is 24.2. The van der Waals surface area contributed by atoms with E-state index in [0.29, 0.717) is 6.61 Å². The molecule has 2 rings (SSSR count). The minimum Gasteiger partial charge on any atom is -0.415 e. The van der Waals surface area contributed by atoms with E-state index in [1.54, 1.807) is 0 Å². The molecule has 0 aliphatic carbocycles. The lowest BCUT2D eigenvalue weighted by Gasteiger charge is -2.53. The van der Waals surface area contributed by atoms with Gasteiger partial charge in [0.15, 0.2) is 79.1 Å². The van der Waals surface area contributed by atoms with Gasteiger partial charge in [-0.3, -0.25) is 0 Å². The Labute approximate surface area is 346 Å². The highest BCUT2D eigenvalue weighted by molar-refractivity contribution is 6.72. The Balaban J connectivity index is 2.76. The number of hydrogen-bond acceptors (Lipinski definition) is 11. The van der Waals surface area contributed by atoms with E-state index in [2.05, 4.69) is 157 Å². The van der Waals surface area contributed by atoms with Crippen LogP contribution in [-0.4, -0.2) is 141 Å². The summed E-state index contributed by atoms with van der Waals surface area (Å²) in [7, 11) is -16.8. The summed E-state index contributed by atoms with van der Waals surface area (Å²) in [5.74, 6) is 0. The fourth-order valence-corrected chi connectivity index (χ4v) is 14.4.